The molecule has 0 heterocycles. The number of carbonyl (C=O) groups is 1. The summed E-state index contributed by atoms with van der Waals surface area (Å²) in [5, 5.41) is 0. The number of carbonyl (C=O) groups excluding carboxylic acids is 1. The van der Waals surface area contributed by atoms with Crippen molar-refractivity contribution in [3.8, 4) is 0 Å². The summed E-state index contributed by atoms with van der Waals surface area (Å²) in [6.07, 6.45) is 4.53. The molecule has 0 saturated carbocycles. The van der Waals surface area contributed by atoms with Crippen LogP contribution in [0.5, 0.6) is 0 Å². The predicted molar refractivity (Wildman–Crippen MR) is 57.3 cm³/mol. The molecule has 1 rings (SSSR count). The smallest absolute Gasteiger partial charge is 0.120 e. The number of rotatable bonds is 4. The van der Waals surface area contributed by atoms with E-state index in [2.05, 4.69) is 31.4 Å². The molecule has 0 fully saturated rings. The van der Waals surface area contributed by atoms with E-state index < -0.39 is 0 Å². The molecule has 0 aliphatic carbocycles. The highest BCUT2D eigenvalue weighted by atomic mass is 32.2. The van der Waals surface area contributed by atoms with Crippen molar-refractivity contribution in [2.75, 3.05) is 6.26 Å². The molecule has 0 atom stereocenters. The maximum absolute atomic E-state index is 10.3. The molecule has 0 bridgehead atoms. The average Bonchev–Trinajstić information content (AvgIpc) is 2.15. The molecule has 1 aromatic carbocycles. The minimum absolute atomic E-state index is 0.622. The van der Waals surface area contributed by atoms with Crippen LogP contribution in [0.15, 0.2) is 23.1 Å². The Morgan fingerprint density at radius 1 is 1.46 bits per heavy atom. The lowest BCUT2D eigenvalue weighted by atomic mass is 10.1. The van der Waals surface area contributed by atoms with Crippen molar-refractivity contribution in [2.24, 2.45) is 0 Å². The minimum Gasteiger partial charge on any atom is -0.303 e. The first-order valence-corrected chi connectivity index (χ1v) is 5.57. The molecule has 1 nitrogen and oxygen atoms in total. The van der Waals surface area contributed by atoms with Crippen LogP contribution in [0, 0.1) is 6.92 Å². The first kappa shape index (κ1) is 10.3. The van der Waals surface area contributed by atoms with Gasteiger partial charge in [0.05, 0.1) is 0 Å². The zero-order valence-corrected chi connectivity index (χ0v) is 8.86. The standard InChI is InChI=1S/C11H14OS/c1-9-5-6-11(13-2)10(8-9)4-3-7-12/h5-8H,3-4H2,1-2H3. The Balaban J connectivity index is 2.87. The number of aryl methyl sites for hydroxylation is 2. The summed E-state index contributed by atoms with van der Waals surface area (Å²) >= 11 is 1.74. The van der Waals surface area contributed by atoms with Gasteiger partial charge in [0.1, 0.15) is 6.29 Å². The Kier molecular flexibility index (Phi) is 4.03. The highest BCUT2D eigenvalue weighted by molar-refractivity contribution is 7.98. The van der Waals surface area contributed by atoms with Crippen LogP contribution in [0.1, 0.15) is 17.5 Å². The molecule has 1 aromatic rings. The van der Waals surface area contributed by atoms with Crippen LogP contribution in [-0.4, -0.2) is 12.5 Å². The summed E-state index contributed by atoms with van der Waals surface area (Å²) in [4.78, 5) is 11.5. The predicted octanol–water partition coefficient (Wildman–Crippen LogP) is 2.85. The van der Waals surface area contributed by atoms with Crippen LogP contribution >= 0.6 is 11.8 Å². The van der Waals surface area contributed by atoms with E-state index in [1.165, 1.54) is 16.0 Å². The summed E-state index contributed by atoms with van der Waals surface area (Å²) in [5.41, 5.74) is 2.55. The summed E-state index contributed by atoms with van der Waals surface area (Å²) in [6, 6.07) is 6.39. The Morgan fingerprint density at radius 3 is 2.85 bits per heavy atom. The van der Waals surface area contributed by atoms with E-state index in [1.807, 2.05) is 0 Å². The fraction of sp³-hybridized carbons (Fsp3) is 0.364. The second-order valence-corrected chi connectivity index (χ2v) is 3.87. The quantitative estimate of drug-likeness (QED) is 0.541. The maximum atomic E-state index is 10.3. The summed E-state index contributed by atoms with van der Waals surface area (Å²) in [5.74, 6) is 0. The van der Waals surface area contributed by atoms with Crippen LogP contribution in [0.3, 0.4) is 0 Å². The lowest BCUT2D eigenvalue weighted by Crippen LogP contribution is -1.90. The van der Waals surface area contributed by atoms with Gasteiger partial charge >= 0.3 is 0 Å². The number of aldehydes is 1. The first-order valence-electron chi connectivity index (χ1n) is 4.35. The van der Waals surface area contributed by atoms with Crippen molar-refractivity contribution in [1.82, 2.24) is 0 Å². The lowest BCUT2D eigenvalue weighted by Gasteiger charge is -2.06. The zero-order valence-electron chi connectivity index (χ0n) is 8.04. The molecule has 0 N–H and O–H groups in total. The fourth-order valence-electron chi connectivity index (χ4n) is 1.32. The summed E-state index contributed by atoms with van der Waals surface area (Å²) in [6.45, 7) is 2.08. The third-order valence-electron chi connectivity index (χ3n) is 1.97. The van der Waals surface area contributed by atoms with Crippen molar-refractivity contribution >= 4 is 18.0 Å². The van der Waals surface area contributed by atoms with Crippen molar-refractivity contribution in [1.29, 1.82) is 0 Å². The van der Waals surface area contributed by atoms with Crippen LogP contribution in [0.2, 0.25) is 0 Å². The summed E-state index contributed by atoms with van der Waals surface area (Å²) < 4.78 is 0. The van der Waals surface area contributed by atoms with Gasteiger partial charge in [-0.3, -0.25) is 0 Å². The molecule has 0 saturated heterocycles. The summed E-state index contributed by atoms with van der Waals surface area (Å²) in [7, 11) is 0. The molecule has 0 radical (unpaired) electrons. The monoisotopic (exact) mass is 194 g/mol. The van der Waals surface area contributed by atoms with E-state index in [4.69, 9.17) is 0 Å². The largest absolute Gasteiger partial charge is 0.303 e. The van der Waals surface area contributed by atoms with E-state index >= 15 is 0 Å². The van der Waals surface area contributed by atoms with E-state index in [-0.39, 0.29) is 0 Å². The molecule has 0 aromatic heterocycles. The van der Waals surface area contributed by atoms with Gasteiger partial charge in [-0.15, -0.1) is 11.8 Å². The van der Waals surface area contributed by atoms with Crippen LogP contribution < -0.4 is 0 Å². The first-order chi connectivity index (χ1) is 6.27. The molecule has 70 valence electrons. The van der Waals surface area contributed by atoms with Gasteiger partial charge in [0.15, 0.2) is 0 Å². The molecule has 0 aliphatic heterocycles. The molecular formula is C11H14OS. The van der Waals surface area contributed by atoms with Crippen molar-refractivity contribution in [3.63, 3.8) is 0 Å². The molecule has 0 unspecified atom stereocenters. The molecule has 0 spiro atoms. The van der Waals surface area contributed by atoms with Gasteiger partial charge < -0.3 is 4.79 Å². The molecule has 13 heavy (non-hydrogen) atoms. The minimum atomic E-state index is 0.622. The van der Waals surface area contributed by atoms with E-state index in [0.29, 0.717) is 6.42 Å². The molecule has 0 amide bonds. The van der Waals surface area contributed by atoms with Gasteiger partial charge in [-0.25, -0.2) is 0 Å². The van der Waals surface area contributed by atoms with Gasteiger partial charge in [-0.05, 0) is 31.2 Å². The SMILES string of the molecule is CSc1ccc(C)cc1CCC=O. The van der Waals surface area contributed by atoms with Crippen LogP contribution in [0.4, 0.5) is 0 Å². The van der Waals surface area contributed by atoms with Crippen LogP contribution in [0.25, 0.3) is 0 Å². The van der Waals surface area contributed by atoms with Gasteiger partial charge in [0, 0.05) is 11.3 Å². The van der Waals surface area contributed by atoms with E-state index in [1.54, 1.807) is 11.8 Å². The van der Waals surface area contributed by atoms with Gasteiger partial charge in [-0.1, -0.05) is 17.7 Å². The molecule has 2 heteroatoms. The maximum Gasteiger partial charge on any atom is 0.120 e. The third kappa shape index (κ3) is 2.88. The highest BCUT2D eigenvalue weighted by Gasteiger charge is 2.00. The average molecular weight is 194 g/mol. The number of hydrogen-bond donors (Lipinski definition) is 0. The number of benzene rings is 1. The molecular weight excluding hydrogens is 180 g/mol. The molecule has 0 aliphatic rings. The Bertz CT molecular complexity index is 294. The van der Waals surface area contributed by atoms with Crippen molar-refractivity contribution in [2.45, 2.75) is 24.7 Å². The van der Waals surface area contributed by atoms with Crippen molar-refractivity contribution < 1.29 is 4.79 Å². The number of thioether (sulfide) groups is 1. The Hall–Kier alpha value is -0.760. The zero-order chi connectivity index (χ0) is 9.68. The number of hydrogen-bond acceptors (Lipinski definition) is 2. The topological polar surface area (TPSA) is 17.1 Å². The second-order valence-electron chi connectivity index (χ2n) is 3.02. The van der Waals surface area contributed by atoms with Crippen LogP contribution in [-0.2, 0) is 11.2 Å². The normalized spacial score (nSPS) is 10.0. The van der Waals surface area contributed by atoms with Gasteiger partial charge in [-0.2, -0.15) is 0 Å². The second kappa shape index (κ2) is 5.07. The Labute approximate surface area is 83.5 Å². The Morgan fingerprint density at radius 2 is 2.23 bits per heavy atom. The van der Waals surface area contributed by atoms with Gasteiger partial charge in [0.2, 0.25) is 0 Å². The fourth-order valence-corrected chi connectivity index (χ4v) is 1.94. The highest BCUT2D eigenvalue weighted by Crippen LogP contribution is 2.22. The van der Waals surface area contributed by atoms with E-state index in [9.17, 15) is 4.79 Å². The third-order valence-corrected chi connectivity index (χ3v) is 2.81. The lowest BCUT2D eigenvalue weighted by molar-refractivity contribution is -0.107. The van der Waals surface area contributed by atoms with Crippen molar-refractivity contribution in [3.05, 3.63) is 29.3 Å². The van der Waals surface area contributed by atoms with Gasteiger partial charge in [0.25, 0.3) is 0 Å². The van der Waals surface area contributed by atoms with E-state index in [0.717, 1.165) is 12.7 Å².